The summed E-state index contributed by atoms with van der Waals surface area (Å²) in [6.07, 6.45) is 1.51. The van der Waals surface area contributed by atoms with E-state index in [4.69, 9.17) is 5.73 Å². The number of hydrogen-bond donors (Lipinski definition) is 2. The van der Waals surface area contributed by atoms with Gasteiger partial charge in [-0.15, -0.1) is 11.3 Å². The Kier molecular flexibility index (Phi) is 3.66. The van der Waals surface area contributed by atoms with Crippen LogP contribution in [0.1, 0.15) is 35.3 Å². The molecule has 1 atom stereocenters. The van der Waals surface area contributed by atoms with E-state index in [2.05, 4.69) is 10.4 Å². The molecule has 1 amide bonds. The fourth-order valence-electron chi connectivity index (χ4n) is 1.76. The van der Waals surface area contributed by atoms with E-state index in [1.165, 1.54) is 6.20 Å². The van der Waals surface area contributed by atoms with E-state index in [-0.39, 0.29) is 11.9 Å². The highest BCUT2D eigenvalue weighted by Crippen LogP contribution is 2.19. The highest BCUT2D eigenvalue weighted by Gasteiger charge is 2.18. The molecule has 0 aliphatic carbocycles. The van der Waals surface area contributed by atoms with Gasteiger partial charge in [-0.3, -0.25) is 9.48 Å². The van der Waals surface area contributed by atoms with Gasteiger partial charge in [-0.2, -0.15) is 5.10 Å². The zero-order valence-corrected chi connectivity index (χ0v) is 11.2. The molecule has 0 spiro atoms. The molecule has 0 aliphatic rings. The smallest absolute Gasteiger partial charge is 0.272 e. The predicted octanol–water partition coefficient (Wildman–Crippen LogP) is 2.04. The third-order valence-corrected chi connectivity index (χ3v) is 3.75. The van der Waals surface area contributed by atoms with E-state index >= 15 is 0 Å². The number of aromatic nitrogens is 2. The first kappa shape index (κ1) is 12.6. The molecule has 0 bridgehead atoms. The Labute approximate surface area is 110 Å². The first-order valence-corrected chi connectivity index (χ1v) is 6.67. The summed E-state index contributed by atoms with van der Waals surface area (Å²) in [4.78, 5) is 13.3. The van der Waals surface area contributed by atoms with Crippen molar-refractivity contribution in [2.75, 3.05) is 5.73 Å². The molecule has 0 saturated carbocycles. The lowest BCUT2D eigenvalue weighted by atomic mass is 10.2. The first-order valence-electron chi connectivity index (χ1n) is 5.79. The molecule has 2 rings (SSSR count). The van der Waals surface area contributed by atoms with Crippen LogP contribution >= 0.6 is 11.3 Å². The maximum atomic E-state index is 12.2. The van der Waals surface area contributed by atoms with Crippen LogP contribution in [0.2, 0.25) is 0 Å². The molecule has 0 radical (unpaired) electrons. The van der Waals surface area contributed by atoms with Crippen LogP contribution in [0.4, 0.5) is 5.69 Å². The van der Waals surface area contributed by atoms with Crippen LogP contribution in [0.3, 0.4) is 0 Å². The molecule has 5 nitrogen and oxygen atoms in total. The van der Waals surface area contributed by atoms with Crippen molar-refractivity contribution >= 4 is 22.9 Å². The molecule has 1 unspecified atom stereocenters. The number of hydrogen-bond acceptors (Lipinski definition) is 4. The average Bonchev–Trinajstić information content (AvgIpc) is 2.97. The highest BCUT2D eigenvalue weighted by atomic mass is 32.1. The van der Waals surface area contributed by atoms with Gasteiger partial charge in [0.1, 0.15) is 5.69 Å². The van der Waals surface area contributed by atoms with Gasteiger partial charge in [0.05, 0.1) is 17.9 Å². The summed E-state index contributed by atoms with van der Waals surface area (Å²) in [5.74, 6) is -0.187. The van der Waals surface area contributed by atoms with Crippen molar-refractivity contribution in [3.05, 3.63) is 34.3 Å². The van der Waals surface area contributed by atoms with Crippen LogP contribution in [0.5, 0.6) is 0 Å². The fourth-order valence-corrected chi connectivity index (χ4v) is 2.50. The normalized spacial score (nSPS) is 12.3. The van der Waals surface area contributed by atoms with E-state index < -0.39 is 0 Å². The van der Waals surface area contributed by atoms with Gasteiger partial charge in [0, 0.05) is 11.4 Å². The molecule has 2 aromatic rings. The molecule has 0 fully saturated rings. The number of nitrogens with zero attached hydrogens (tertiary/aromatic N) is 2. The number of aryl methyl sites for hydroxylation is 1. The Balaban J connectivity index is 2.15. The maximum Gasteiger partial charge on any atom is 0.272 e. The third kappa shape index (κ3) is 2.38. The summed E-state index contributed by atoms with van der Waals surface area (Å²) in [6.45, 7) is 4.49. The number of rotatable bonds is 4. The minimum Gasteiger partial charge on any atom is -0.396 e. The van der Waals surface area contributed by atoms with Crippen LogP contribution in [0.15, 0.2) is 23.7 Å². The van der Waals surface area contributed by atoms with Crippen LogP contribution in [-0.2, 0) is 6.54 Å². The minimum absolute atomic E-state index is 0.0305. The highest BCUT2D eigenvalue weighted by molar-refractivity contribution is 7.10. The number of anilines is 1. The SMILES string of the molecule is CCn1ncc(N)c1C(=O)NC(C)c1cccs1. The van der Waals surface area contributed by atoms with Crippen molar-refractivity contribution in [2.24, 2.45) is 0 Å². The second-order valence-corrected chi connectivity index (χ2v) is 4.95. The maximum absolute atomic E-state index is 12.2. The van der Waals surface area contributed by atoms with Crippen molar-refractivity contribution in [1.29, 1.82) is 0 Å². The van der Waals surface area contributed by atoms with Crippen molar-refractivity contribution < 1.29 is 4.79 Å². The Hall–Kier alpha value is -1.82. The molecular weight excluding hydrogens is 248 g/mol. The Morgan fingerprint density at radius 3 is 3.06 bits per heavy atom. The Bertz CT molecular complexity index is 532. The molecule has 96 valence electrons. The molecule has 2 aromatic heterocycles. The molecular formula is C12H16N4OS. The summed E-state index contributed by atoms with van der Waals surface area (Å²) in [6, 6.07) is 3.93. The van der Waals surface area contributed by atoms with Gasteiger partial charge in [-0.1, -0.05) is 6.07 Å². The topological polar surface area (TPSA) is 72.9 Å². The number of thiophene rings is 1. The zero-order chi connectivity index (χ0) is 13.1. The molecule has 0 aromatic carbocycles. The summed E-state index contributed by atoms with van der Waals surface area (Å²) >= 11 is 1.62. The number of carbonyl (C=O) groups excluding carboxylic acids is 1. The predicted molar refractivity (Wildman–Crippen MR) is 72.5 cm³/mol. The Morgan fingerprint density at radius 1 is 1.67 bits per heavy atom. The summed E-state index contributed by atoms with van der Waals surface area (Å²) in [7, 11) is 0. The van der Waals surface area contributed by atoms with Crippen LogP contribution < -0.4 is 11.1 Å². The number of carbonyl (C=O) groups is 1. The number of nitrogens with one attached hydrogen (secondary N) is 1. The lowest BCUT2D eigenvalue weighted by Crippen LogP contribution is -2.29. The first-order chi connectivity index (χ1) is 8.63. The van der Waals surface area contributed by atoms with Gasteiger partial charge in [0.2, 0.25) is 0 Å². The second-order valence-electron chi connectivity index (χ2n) is 3.97. The zero-order valence-electron chi connectivity index (χ0n) is 10.4. The molecule has 3 N–H and O–H groups in total. The molecule has 0 aliphatic heterocycles. The van der Waals surface area contributed by atoms with Gasteiger partial charge in [-0.05, 0) is 25.3 Å². The molecule has 2 heterocycles. The lowest BCUT2D eigenvalue weighted by Gasteiger charge is -2.13. The fraction of sp³-hybridized carbons (Fsp3) is 0.333. The van der Waals surface area contributed by atoms with E-state index in [1.54, 1.807) is 16.0 Å². The lowest BCUT2D eigenvalue weighted by molar-refractivity contribution is 0.0930. The van der Waals surface area contributed by atoms with Gasteiger partial charge in [0.25, 0.3) is 5.91 Å². The molecule has 6 heteroatoms. The minimum atomic E-state index is -0.187. The monoisotopic (exact) mass is 264 g/mol. The number of nitrogen functional groups attached to an aromatic ring is 1. The summed E-state index contributed by atoms with van der Waals surface area (Å²) in [5.41, 5.74) is 6.61. The van der Waals surface area contributed by atoms with Crippen LogP contribution in [-0.4, -0.2) is 15.7 Å². The van der Waals surface area contributed by atoms with E-state index in [0.717, 1.165) is 4.88 Å². The Morgan fingerprint density at radius 2 is 2.44 bits per heavy atom. The van der Waals surface area contributed by atoms with Gasteiger partial charge >= 0.3 is 0 Å². The van der Waals surface area contributed by atoms with E-state index in [9.17, 15) is 4.79 Å². The van der Waals surface area contributed by atoms with Gasteiger partial charge < -0.3 is 11.1 Å². The van der Waals surface area contributed by atoms with E-state index in [1.807, 2.05) is 31.4 Å². The van der Waals surface area contributed by atoms with E-state index in [0.29, 0.717) is 17.9 Å². The number of nitrogens with two attached hydrogens (primary N) is 1. The average molecular weight is 264 g/mol. The molecule has 18 heavy (non-hydrogen) atoms. The largest absolute Gasteiger partial charge is 0.396 e. The summed E-state index contributed by atoms with van der Waals surface area (Å²) < 4.78 is 1.60. The number of amides is 1. The summed E-state index contributed by atoms with van der Waals surface area (Å²) in [5, 5.41) is 8.98. The van der Waals surface area contributed by atoms with Crippen molar-refractivity contribution in [3.63, 3.8) is 0 Å². The standard InChI is InChI=1S/C12H16N4OS/c1-3-16-11(9(13)7-14-16)12(17)15-8(2)10-5-4-6-18-10/h4-8H,3,13H2,1-2H3,(H,15,17). The van der Waals surface area contributed by atoms with Crippen LogP contribution in [0, 0.1) is 0 Å². The van der Waals surface area contributed by atoms with Gasteiger partial charge in [-0.25, -0.2) is 0 Å². The van der Waals surface area contributed by atoms with Gasteiger partial charge in [0.15, 0.2) is 0 Å². The van der Waals surface area contributed by atoms with Crippen LogP contribution in [0.25, 0.3) is 0 Å². The molecule has 0 saturated heterocycles. The third-order valence-electron chi connectivity index (χ3n) is 2.70. The van der Waals surface area contributed by atoms with Crippen molar-refractivity contribution in [1.82, 2.24) is 15.1 Å². The quantitative estimate of drug-likeness (QED) is 0.887. The van der Waals surface area contributed by atoms with Crippen molar-refractivity contribution in [2.45, 2.75) is 26.4 Å². The second kappa shape index (κ2) is 5.22. The van der Waals surface area contributed by atoms with Crippen molar-refractivity contribution in [3.8, 4) is 0 Å².